The molecule has 0 saturated heterocycles. The van der Waals surface area contributed by atoms with Crippen molar-refractivity contribution in [2.24, 2.45) is 0 Å². The Hall–Kier alpha value is -3.52. The molecule has 182 valence electrons. The highest BCUT2D eigenvalue weighted by Gasteiger charge is 2.20. The van der Waals surface area contributed by atoms with Gasteiger partial charge in [0.05, 0.1) is 56.1 Å². The zero-order valence-electron chi connectivity index (χ0n) is 19.5. The first kappa shape index (κ1) is 23.2. The third-order valence-electron chi connectivity index (χ3n) is 5.82. The number of anilines is 2. The van der Waals surface area contributed by atoms with Gasteiger partial charge in [0.15, 0.2) is 0 Å². The number of rotatable bonds is 2. The van der Waals surface area contributed by atoms with E-state index < -0.39 is 0 Å². The minimum absolute atomic E-state index is 0.121. The third kappa shape index (κ3) is 5.27. The van der Waals surface area contributed by atoms with E-state index in [9.17, 15) is 5.11 Å². The molecule has 0 fully saturated rings. The molecule has 7 heteroatoms. The van der Waals surface area contributed by atoms with Crippen LogP contribution in [-0.2, 0) is 14.2 Å². The topological polar surface area (TPSA) is 78.4 Å². The summed E-state index contributed by atoms with van der Waals surface area (Å²) < 4.78 is 28.9. The highest BCUT2D eigenvalue weighted by atomic mass is 16.6. The van der Waals surface area contributed by atoms with Crippen LogP contribution in [0.15, 0.2) is 66.7 Å². The number of ether oxygens (including phenoxy) is 5. The first-order valence-corrected chi connectivity index (χ1v) is 11.8. The van der Waals surface area contributed by atoms with E-state index >= 15 is 0 Å². The van der Waals surface area contributed by atoms with Gasteiger partial charge in [0.25, 0.3) is 0 Å². The van der Waals surface area contributed by atoms with Crippen molar-refractivity contribution in [2.45, 2.75) is 0 Å². The molecule has 35 heavy (non-hydrogen) atoms. The highest BCUT2D eigenvalue weighted by molar-refractivity contribution is 6.19. The van der Waals surface area contributed by atoms with Gasteiger partial charge in [-0.1, -0.05) is 42.5 Å². The lowest BCUT2D eigenvalue weighted by atomic mass is 9.97. The van der Waals surface area contributed by atoms with Gasteiger partial charge in [0, 0.05) is 16.5 Å². The van der Waals surface area contributed by atoms with E-state index in [-0.39, 0.29) is 5.75 Å². The van der Waals surface area contributed by atoms with Crippen molar-refractivity contribution in [3.8, 4) is 17.2 Å². The minimum Gasteiger partial charge on any atom is -0.506 e. The molecular formula is C28H29NO6. The van der Waals surface area contributed by atoms with E-state index in [0.717, 1.165) is 22.1 Å². The summed E-state index contributed by atoms with van der Waals surface area (Å²) in [5, 5.41) is 18.0. The Kier molecular flexibility index (Phi) is 7.48. The van der Waals surface area contributed by atoms with E-state index in [1.165, 1.54) is 0 Å². The number of para-hydroxylation sites is 1. The minimum atomic E-state index is 0.121. The fourth-order valence-electron chi connectivity index (χ4n) is 4.24. The Labute approximate surface area is 204 Å². The molecule has 1 aliphatic rings. The van der Waals surface area contributed by atoms with Crippen LogP contribution in [0.4, 0.5) is 11.4 Å². The van der Waals surface area contributed by atoms with Crippen molar-refractivity contribution >= 4 is 32.9 Å². The molecule has 7 nitrogen and oxygen atoms in total. The summed E-state index contributed by atoms with van der Waals surface area (Å²) in [4.78, 5) is 0. The molecule has 4 aromatic rings. The largest absolute Gasteiger partial charge is 0.506 e. The summed E-state index contributed by atoms with van der Waals surface area (Å²) in [5.41, 5.74) is 1.81. The van der Waals surface area contributed by atoms with Gasteiger partial charge in [0.2, 0.25) is 0 Å². The van der Waals surface area contributed by atoms with Gasteiger partial charge in [-0.15, -0.1) is 0 Å². The average Bonchev–Trinajstić information content (AvgIpc) is 2.89. The van der Waals surface area contributed by atoms with Crippen molar-refractivity contribution in [3.63, 3.8) is 0 Å². The second-order valence-electron chi connectivity index (χ2n) is 8.11. The molecule has 0 aromatic heterocycles. The van der Waals surface area contributed by atoms with Crippen LogP contribution in [0.1, 0.15) is 0 Å². The average molecular weight is 476 g/mol. The monoisotopic (exact) mass is 475 g/mol. The van der Waals surface area contributed by atoms with Gasteiger partial charge < -0.3 is 34.1 Å². The summed E-state index contributed by atoms with van der Waals surface area (Å²) in [7, 11) is 0. The Balaban J connectivity index is 1.64. The predicted molar refractivity (Wildman–Crippen MR) is 136 cm³/mol. The van der Waals surface area contributed by atoms with Crippen LogP contribution in [0.3, 0.4) is 0 Å². The fourth-order valence-corrected chi connectivity index (χ4v) is 4.24. The van der Waals surface area contributed by atoms with Gasteiger partial charge in [-0.2, -0.15) is 0 Å². The number of phenols is 1. The van der Waals surface area contributed by atoms with Crippen molar-refractivity contribution < 1.29 is 28.8 Å². The van der Waals surface area contributed by atoms with Crippen LogP contribution >= 0.6 is 0 Å². The second-order valence-corrected chi connectivity index (χ2v) is 8.11. The Morgan fingerprint density at radius 3 is 1.54 bits per heavy atom. The summed E-state index contributed by atoms with van der Waals surface area (Å²) in [5.74, 6) is 1.28. The quantitative estimate of drug-likeness (QED) is 0.302. The molecule has 4 aromatic carbocycles. The Morgan fingerprint density at radius 2 is 1.03 bits per heavy atom. The maximum absolute atomic E-state index is 11.5. The highest BCUT2D eigenvalue weighted by Crippen LogP contribution is 2.48. The normalized spacial score (nSPS) is 15.9. The maximum atomic E-state index is 11.5. The standard InChI is InChI=1S/C28H29NO6/c30-28-25-21-8-4-10-23(25)34-18-16-32-14-12-31-13-15-33-17-19-35-24-11-5-9-22(26(24)28)27(21)29-20-6-2-1-3-7-20/h1-11,29-30H,12-19H2. The van der Waals surface area contributed by atoms with Gasteiger partial charge in [-0.05, 0) is 24.3 Å². The number of nitrogens with one attached hydrogen (secondary N) is 1. The van der Waals surface area contributed by atoms with E-state index in [0.29, 0.717) is 75.1 Å². The van der Waals surface area contributed by atoms with Crippen molar-refractivity contribution in [2.75, 3.05) is 58.2 Å². The lowest BCUT2D eigenvalue weighted by Crippen LogP contribution is -2.14. The van der Waals surface area contributed by atoms with Crippen molar-refractivity contribution in [3.05, 3.63) is 66.7 Å². The summed E-state index contributed by atoms with van der Waals surface area (Å²) >= 11 is 0. The zero-order chi connectivity index (χ0) is 23.9. The smallest absolute Gasteiger partial charge is 0.138 e. The molecule has 1 heterocycles. The Morgan fingerprint density at radius 1 is 0.543 bits per heavy atom. The molecule has 0 amide bonds. The molecule has 2 N–H and O–H groups in total. The van der Waals surface area contributed by atoms with Gasteiger partial charge >= 0.3 is 0 Å². The van der Waals surface area contributed by atoms with E-state index in [1.807, 2.05) is 66.7 Å². The zero-order valence-corrected chi connectivity index (χ0v) is 19.5. The SMILES string of the molecule is Oc1c2c3cccc2c(Nc2ccccc2)c2cccc(c12)OCCOCCOCCOCCO3. The molecular weight excluding hydrogens is 446 g/mol. The first-order chi connectivity index (χ1) is 17.3. The lowest BCUT2D eigenvalue weighted by Gasteiger charge is -2.20. The van der Waals surface area contributed by atoms with Crippen LogP contribution in [0.2, 0.25) is 0 Å². The molecule has 5 rings (SSSR count). The molecule has 0 radical (unpaired) electrons. The molecule has 0 atom stereocenters. The van der Waals surface area contributed by atoms with Crippen LogP contribution in [0.5, 0.6) is 17.2 Å². The van der Waals surface area contributed by atoms with Crippen molar-refractivity contribution in [1.29, 1.82) is 0 Å². The second kappa shape index (κ2) is 11.3. The predicted octanol–water partition coefficient (Wildman–Crippen LogP) is 5.26. The van der Waals surface area contributed by atoms with Crippen LogP contribution in [0, 0.1) is 0 Å². The van der Waals surface area contributed by atoms with Gasteiger partial charge in [-0.25, -0.2) is 0 Å². The number of hydrogen-bond donors (Lipinski definition) is 2. The number of phenolic OH excluding ortho intramolecular Hbond substituents is 1. The summed E-state index contributed by atoms with van der Waals surface area (Å²) in [6, 6.07) is 21.5. The van der Waals surface area contributed by atoms with Crippen LogP contribution in [-0.4, -0.2) is 58.0 Å². The molecule has 0 aliphatic carbocycles. The van der Waals surface area contributed by atoms with E-state index in [1.54, 1.807) is 0 Å². The van der Waals surface area contributed by atoms with Crippen LogP contribution < -0.4 is 14.8 Å². The number of benzene rings is 4. The Bertz CT molecular complexity index is 1200. The fraction of sp³-hybridized carbons (Fsp3) is 0.286. The summed E-state index contributed by atoms with van der Waals surface area (Å²) in [6.07, 6.45) is 0. The van der Waals surface area contributed by atoms with Crippen molar-refractivity contribution in [1.82, 2.24) is 0 Å². The maximum Gasteiger partial charge on any atom is 0.138 e. The molecule has 0 spiro atoms. The van der Waals surface area contributed by atoms with Crippen LogP contribution in [0.25, 0.3) is 21.5 Å². The molecule has 0 unspecified atom stereocenters. The molecule has 2 bridgehead atoms. The van der Waals surface area contributed by atoms with E-state index in [4.69, 9.17) is 23.7 Å². The number of hydrogen-bond acceptors (Lipinski definition) is 7. The first-order valence-electron chi connectivity index (χ1n) is 11.8. The third-order valence-corrected chi connectivity index (χ3v) is 5.82. The molecule has 0 saturated carbocycles. The van der Waals surface area contributed by atoms with Gasteiger partial charge in [-0.3, -0.25) is 0 Å². The number of aromatic hydroxyl groups is 1. The van der Waals surface area contributed by atoms with E-state index in [2.05, 4.69) is 5.32 Å². The lowest BCUT2D eigenvalue weighted by molar-refractivity contribution is 0.00508. The molecule has 1 aliphatic heterocycles. The van der Waals surface area contributed by atoms with Gasteiger partial charge in [0.1, 0.15) is 30.5 Å². The summed E-state index contributed by atoms with van der Waals surface area (Å²) in [6.45, 7) is 3.46.